The molecule has 10 heteroatoms. The number of amides is 1. The van der Waals surface area contributed by atoms with E-state index in [9.17, 15) is 9.59 Å². The molecule has 1 atom stereocenters. The normalized spacial score (nSPS) is 14.0. The summed E-state index contributed by atoms with van der Waals surface area (Å²) in [7, 11) is 1.54. The van der Waals surface area contributed by atoms with Crippen molar-refractivity contribution in [2.75, 3.05) is 19.0 Å². The third-order valence-corrected chi connectivity index (χ3v) is 6.51. The van der Waals surface area contributed by atoms with Crippen molar-refractivity contribution < 1.29 is 19.1 Å². The fraction of sp³-hybridized carbons (Fsp3) is 0.400. The predicted molar refractivity (Wildman–Crippen MR) is 120 cm³/mol. The molecule has 0 aliphatic heterocycles. The minimum absolute atomic E-state index is 0.255. The smallest absolute Gasteiger partial charge is 0.341 e. The number of fused-ring (bicyclic) bond motifs is 1. The minimum Gasteiger partial charge on any atom is -0.497 e. The van der Waals surface area contributed by atoms with Gasteiger partial charge in [-0.2, -0.15) is 0 Å². The van der Waals surface area contributed by atoms with E-state index in [-0.39, 0.29) is 6.61 Å². The Morgan fingerprint density at radius 3 is 2.50 bits per heavy atom. The second-order valence-corrected chi connectivity index (χ2v) is 10.1. The van der Waals surface area contributed by atoms with E-state index in [0.29, 0.717) is 21.9 Å². The van der Waals surface area contributed by atoms with Crippen molar-refractivity contribution in [3.05, 3.63) is 45.8 Å². The number of benzene rings is 1. The van der Waals surface area contributed by atoms with Crippen molar-refractivity contribution in [3.8, 4) is 5.75 Å². The van der Waals surface area contributed by atoms with Gasteiger partial charge in [0.15, 0.2) is 0 Å². The summed E-state index contributed by atoms with van der Waals surface area (Å²) in [5, 5.41) is 6.25. The molecule has 2 aromatic rings. The molecule has 0 saturated heterocycles. The first-order chi connectivity index (χ1) is 14.2. The van der Waals surface area contributed by atoms with Gasteiger partial charge in [-0.3, -0.25) is 4.79 Å². The highest BCUT2D eigenvalue weighted by Gasteiger charge is 2.37. The van der Waals surface area contributed by atoms with Crippen molar-refractivity contribution in [1.29, 1.82) is 0 Å². The number of carbonyl (C=O) groups excluding carboxylic acids is 2. The summed E-state index contributed by atoms with van der Waals surface area (Å²) in [4.78, 5) is 26.4. The van der Waals surface area contributed by atoms with Crippen LogP contribution >= 0.6 is 46.1 Å². The van der Waals surface area contributed by atoms with Crippen LogP contribution in [0.25, 0.3) is 0 Å². The molecule has 1 aliphatic rings. The minimum atomic E-state index is -1.87. The lowest BCUT2D eigenvalue weighted by Gasteiger charge is -2.27. The third kappa shape index (κ3) is 5.14. The molecule has 3 rings (SSSR count). The fourth-order valence-corrected chi connectivity index (χ4v) is 4.85. The van der Waals surface area contributed by atoms with Crippen LogP contribution in [-0.2, 0) is 17.6 Å². The number of thiophene rings is 1. The van der Waals surface area contributed by atoms with E-state index in [1.807, 2.05) is 0 Å². The Hall–Kier alpha value is -1.67. The van der Waals surface area contributed by atoms with Gasteiger partial charge < -0.3 is 20.1 Å². The molecule has 0 radical (unpaired) electrons. The zero-order valence-corrected chi connectivity index (χ0v) is 19.5. The lowest BCUT2D eigenvalue weighted by Crippen LogP contribution is -2.49. The Labute approximate surface area is 193 Å². The molecular weight excluding hydrogens is 471 g/mol. The lowest BCUT2D eigenvalue weighted by molar-refractivity contribution is 0.0527. The SMILES string of the molecule is CCOC(=O)c1c(N[C@H](NC(=O)c2ccc(OC)cc2)C(Cl)(Cl)Cl)sc2c1CCC2. The summed E-state index contributed by atoms with van der Waals surface area (Å²) in [5.41, 5.74) is 1.79. The molecule has 0 unspecified atom stereocenters. The molecule has 0 fully saturated rings. The molecule has 1 aliphatic carbocycles. The number of halogens is 3. The van der Waals surface area contributed by atoms with E-state index in [0.717, 1.165) is 29.7 Å². The van der Waals surface area contributed by atoms with Gasteiger partial charge in [0.05, 0.1) is 19.3 Å². The van der Waals surface area contributed by atoms with Gasteiger partial charge in [-0.05, 0) is 56.0 Å². The molecule has 1 heterocycles. The monoisotopic (exact) mass is 490 g/mol. The number of hydrogen-bond acceptors (Lipinski definition) is 6. The van der Waals surface area contributed by atoms with E-state index >= 15 is 0 Å². The summed E-state index contributed by atoms with van der Waals surface area (Å²) >= 11 is 19.8. The molecule has 162 valence electrons. The number of anilines is 1. The van der Waals surface area contributed by atoms with E-state index in [2.05, 4.69) is 10.6 Å². The van der Waals surface area contributed by atoms with E-state index in [1.165, 1.54) is 18.4 Å². The standard InChI is InChI=1S/C20H21Cl3N2O4S/c1-3-29-18(27)15-13-5-4-6-14(13)30-17(15)25-19(20(21,22)23)24-16(26)11-7-9-12(28-2)10-8-11/h7-10,19,25H,3-6H2,1-2H3,(H,24,26)/t19-/m0/s1. The van der Waals surface area contributed by atoms with Crippen LogP contribution in [0.3, 0.4) is 0 Å². The van der Waals surface area contributed by atoms with Gasteiger partial charge in [0.2, 0.25) is 3.79 Å². The van der Waals surface area contributed by atoms with Gasteiger partial charge >= 0.3 is 5.97 Å². The van der Waals surface area contributed by atoms with Crippen LogP contribution in [-0.4, -0.2) is 35.6 Å². The van der Waals surface area contributed by atoms with Crippen LogP contribution in [0.2, 0.25) is 0 Å². The first-order valence-electron chi connectivity index (χ1n) is 9.34. The average Bonchev–Trinajstić information content (AvgIpc) is 3.27. The van der Waals surface area contributed by atoms with Crippen molar-refractivity contribution in [1.82, 2.24) is 5.32 Å². The molecule has 1 aromatic carbocycles. The van der Waals surface area contributed by atoms with Crippen LogP contribution in [0.4, 0.5) is 5.00 Å². The summed E-state index contributed by atoms with van der Waals surface area (Å²) in [6.45, 7) is 2.00. The molecule has 6 nitrogen and oxygen atoms in total. The highest BCUT2D eigenvalue weighted by Crippen LogP contribution is 2.41. The zero-order valence-electron chi connectivity index (χ0n) is 16.4. The molecule has 1 aromatic heterocycles. The van der Waals surface area contributed by atoms with E-state index < -0.39 is 21.8 Å². The van der Waals surface area contributed by atoms with Crippen LogP contribution < -0.4 is 15.4 Å². The summed E-state index contributed by atoms with van der Waals surface area (Å²) in [6, 6.07) is 6.53. The topological polar surface area (TPSA) is 76.7 Å². The quantitative estimate of drug-likeness (QED) is 0.325. The molecule has 2 N–H and O–H groups in total. The number of methoxy groups -OCH3 is 1. The van der Waals surface area contributed by atoms with Crippen LogP contribution in [0.1, 0.15) is 44.5 Å². The van der Waals surface area contributed by atoms with E-state index in [4.69, 9.17) is 44.3 Å². The van der Waals surface area contributed by atoms with Crippen LogP contribution in [0, 0.1) is 0 Å². The van der Waals surface area contributed by atoms with Crippen molar-refractivity contribution in [2.45, 2.75) is 36.1 Å². The average molecular weight is 492 g/mol. The Bertz CT molecular complexity index is 925. The van der Waals surface area contributed by atoms with Crippen LogP contribution in [0.15, 0.2) is 24.3 Å². The maximum absolute atomic E-state index is 12.7. The van der Waals surface area contributed by atoms with Crippen molar-refractivity contribution in [2.24, 2.45) is 0 Å². The number of alkyl halides is 3. The molecule has 0 spiro atoms. The predicted octanol–water partition coefficient (Wildman–Crippen LogP) is 4.96. The highest BCUT2D eigenvalue weighted by molar-refractivity contribution is 7.16. The number of esters is 1. The van der Waals surface area contributed by atoms with Crippen molar-refractivity contribution >= 4 is 63.0 Å². The van der Waals surface area contributed by atoms with Gasteiger partial charge in [0.25, 0.3) is 5.91 Å². The number of carbonyl (C=O) groups is 2. The molecule has 30 heavy (non-hydrogen) atoms. The van der Waals surface area contributed by atoms with Gasteiger partial charge in [0.1, 0.15) is 16.9 Å². The van der Waals surface area contributed by atoms with Gasteiger partial charge in [-0.25, -0.2) is 4.79 Å². The van der Waals surface area contributed by atoms with Crippen molar-refractivity contribution in [3.63, 3.8) is 0 Å². The Kier molecular flexibility index (Phi) is 7.39. The fourth-order valence-electron chi connectivity index (χ4n) is 3.21. The summed E-state index contributed by atoms with van der Waals surface area (Å²) < 4.78 is 8.45. The van der Waals surface area contributed by atoms with Gasteiger partial charge in [0, 0.05) is 10.4 Å². The summed E-state index contributed by atoms with van der Waals surface area (Å²) in [6.07, 6.45) is 1.57. The first kappa shape index (κ1) is 23.0. The lowest BCUT2D eigenvalue weighted by atomic mass is 10.1. The second-order valence-electron chi connectivity index (χ2n) is 6.60. The Morgan fingerprint density at radius 1 is 1.20 bits per heavy atom. The number of aryl methyl sites for hydroxylation is 1. The Balaban J connectivity index is 1.85. The first-order valence-corrected chi connectivity index (χ1v) is 11.3. The molecule has 1 amide bonds. The molecule has 0 bridgehead atoms. The maximum Gasteiger partial charge on any atom is 0.341 e. The van der Waals surface area contributed by atoms with Gasteiger partial charge in [-0.15, -0.1) is 11.3 Å². The zero-order chi connectivity index (χ0) is 21.9. The molecule has 0 saturated carbocycles. The molecular formula is C20H21Cl3N2O4S. The number of nitrogens with one attached hydrogen (secondary N) is 2. The largest absolute Gasteiger partial charge is 0.497 e. The summed E-state index contributed by atoms with van der Waals surface area (Å²) in [5.74, 6) is -0.248. The number of ether oxygens (including phenoxy) is 2. The number of hydrogen-bond donors (Lipinski definition) is 2. The third-order valence-electron chi connectivity index (χ3n) is 4.63. The second kappa shape index (κ2) is 9.64. The van der Waals surface area contributed by atoms with Crippen LogP contribution in [0.5, 0.6) is 5.75 Å². The maximum atomic E-state index is 12.7. The van der Waals surface area contributed by atoms with E-state index in [1.54, 1.807) is 31.2 Å². The highest BCUT2D eigenvalue weighted by atomic mass is 35.6. The Morgan fingerprint density at radius 2 is 1.90 bits per heavy atom. The van der Waals surface area contributed by atoms with Gasteiger partial charge in [-0.1, -0.05) is 34.8 Å². The number of rotatable bonds is 7.